The first kappa shape index (κ1) is 43.5. The first-order valence-corrected chi connectivity index (χ1v) is 19.4. The van der Waals surface area contributed by atoms with E-state index in [-0.39, 0.29) is 11.1 Å². The molecule has 346 valence electrons. The molecule has 0 fully saturated rings. The van der Waals surface area contributed by atoms with Gasteiger partial charge in [0.05, 0.1) is 41.2 Å². The quantitative estimate of drug-likeness (QED) is 0.0440. The first-order chi connectivity index (χ1) is 31.0. The number of aliphatic hydroxyl groups is 6. The number of phenolic OH excluding ortho intramolecular Hbond substituents is 9. The summed E-state index contributed by atoms with van der Waals surface area (Å²) >= 11 is 0. The van der Waals surface area contributed by atoms with Gasteiger partial charge in [-0.2, -0.15) is 0 Å². The van der Waals surface area contributed by atoms with Crippen molar-refractivity contribution in [1.82, 2.24) is 0 Å². The lowest BCUT2D eigenvalue weighted by Gasteiger charge is -2.49. The molecule has 15 N–H and O–H groups in total. The van der Waals surface area contributed by atoms with E-state index in [9.17, 15) is 95.8 Å². The van der Waals surface area contributed by atoms with Gasteiger partial charge in [-0.3, -0.25) is 4.79 Å². The van der Waals surface area contributed by atoms with Gasteiger partial charge in [0.2, 0.25) is 11.5 Å². The second kappa shape index (κ2) is 14.6. The van der Waals surface area contributed by atoms with Crippen LogP contribution in [0.15, 0.2) is 53.6 Å². The number of ketones is 1. The largest absolute Gasteiger partial charge is 0.507 e. The minimum absolute atomic E-state index is 0.0397. The number of rotatable bonds is 7. The molecule has 4 aliphatic heterocycles. The molecule has 5 aliphatic rings. The number of ether oxygens (including phenoxy) is 5. The molecule has 24 heteroatoms. The molecule has 0 spiro atoms. The first-order valence-electron chi connectivity index (χ1n) is 19.4. The molecule has 0 radical (unpaired) electrons. The van der Waals surface area contributed by atoms with Crippen molar-refractivity contribution in [2.24, 2.45) is 0 Å². The molecule has 1 aliphatic carbocycles. The van der Waals surface area contributed by atoms with E-state index in [4.69, 9.17) is 23.7 Å². The van der Waals surface area contributed by atoms with Crippen LogP contribution in [0.1, 0.15) is 60.9 Å². The summed E-state index contributed by atoms with van der Waals surface area (Å²) in [4.78, 5) is 57.1. The van der Waals surface area contributed by atoms with Gasteiger partial charge in [-0.05, 0) is 35.9 Å². The van der Waals surface area contributed by atoms with E-state index in [2.05, 4.69) is 0 Å². The molecule has 0 saturated heterocycles. The van der Waals surface area contributed by atoms with Crippen LogP contribution in [0.2, 0.25) is 0 Å². The maximum atomic E-state index is 14.8. The fraction of sp³-hybridized carbons (Fsp3) is 0.286. The fourth-order valence-electron chi connectivity index (χ4n) is 9.10. The zero-order chi connectivity index (χ0) is 47.8. The number of phenols is 9. The molecule has 0 saturated carbocycles. The highest BCUT2D eigenvalue weighted by Crippen LogP contribution is 2.64. The summed E-state index contributed by atoms with van der Waals surface area (Å²) in [7, 11) is 0. The molecule has 66 heavy (non-hydrogen) atoms. The Morgan fingerprint density at radius 2 is 1.39 bits per heavy atom. The van der Waals surface area contributed by atoms with Crippen molar-refractivity contribution in [3.05, 3.63) is 87.0 Å². The molecule has 2 bridgehead atoms. The SMILES string of the molecule is O=C1O[C@@H]2[C@H]([C@H](O)[C@@H](CO)OC(=O)c3cc(O)c(O)c(O)c3)OC(=O)c3cc(O)c(O)c4c3[C@H]3C1=C(C(=O)C(O)(O)[C@@]3(O)O4)[C@H]2c1c(O)cc(O)c2c1O[C@H](c1ccc(O)c(O)c1)[C@@H](O)C2. The number of carbonyl (C=O) groups excluding carboxylic acids is 4. The average Bonchev–Trinajstić information content (AvgIpc) is 3.59. The number of Topliss-reactive ketones (excluding diaryl/α,β-unsaturated/α-hetero) is 1. The van der Waals surface area contributed by atoms with Crippen molar-refractivity contribution < 1.29 is 119 Å². The second-order valence-corrected chi connectivity index (χ2v) is 16.0. The van der Waals surface area contributed by atoms with Crippen molar-refractivity contribution in [2.45, 2.75) is 66.5 Å². The molecular formula is C42H34O24. The van der Waals surface area contributed by atoms with Crippen LogP contribution in [0.3, 0.4) is 0 Å². The van der Waals surface area contributed by atoms with Gasteiger partial charge >= 0.3 is 17.9 Å². The van der Waals surface area contributed by atoms with E-state index in [0.717, 1.165) is 12.1 Å². The van der Waals surface area contributed by atoms with Crippen LogP contribution in [0.5, 0.6) is 63.2 Å². The molecular weight excluding hydrogens is 888 g/mol. The molecule has 4 aromatic carbocycles. The maximum Gasteiger partial charge on any atom is 0.339 e. The van der Waals surface area contributed by atoms with E-state index in [1.807, 2.05) is 0 Å². The average molecular weight is 923 g/mol. The van der Waals surface area contributed by atoms with E-state index >= 15 is 0 Å². The van der Waals surface area contributed by atoms with Crippen molar-refractivity contribution in [3.8, 4) is 63.2 Å². The third-order valence-electron chi connectivity index (χ3n) is 12.2. The Labute approximate surface area is 366 Å². The molecule has 9 rings (SSSR count). The number of aromatic hydroxyl groups is 9. The van der Waals surface area contributed by atoms with Gasteiger partial charge in [-0.1, -0.05) is 6.07 Å². The fourth-order valence-corrected chi connectivity index (χ4v) is 9.10. The molecule has 24 nitrogen and oxygen atoms in total. The van der Waals surface area contributed by atoms with Gasteiger partial charge in [-0.15, -0.1) is 0 Å². The number of aliphatic hydroxyl groups excluding tert-OH is 3. The lowest BCUT2D eigenvalue weighted by molar-refractivity contribution is -0.324. The predicted molar refractivity (Wildman–Crippen MR) is 205 cm³/mol. The molecule has 4 heterocycles. The number of fused-ring (bicyclic) bond motifs is 3. The Balaban J connectivity index is 1.30. The standard InChI is InChI=1S/C42H34O24/c43-9-22(62-38(56)11-4-18(48)29(52)19(49)5-11)31(54)36-35-25(24-17(47)8-15(45)12-6-21(51)32(63-33(12)24)10-1-2-14(44)16(46)3-10)26-27(40(58)64-35)28-23-13(39(57)65-36)7-20(50)30(53)34(23)66-42(28,61)41(59,60)37(26)55/h1-5,7-8,21-22,25,28,31-32,35-36,43-54,59-61H,6,9H2/t21-,22+,25+,28-,31+,32+,35-,36-,42-/m0/s1. The van der Waals surface area contributed by atoms with Gasteiger partial charge in [0.1, 0.15) is 29.5 Å². The number of carbonyl (C=O) groups is 4. The molecule has 0 aromatic heterocycles. The highest BCUT2D eigenvalue weighted by molar-refractivity contribution is 6.13. The zero-order valence-electron chi connectivity index (χ0n) is 33.0. The Morgan fingerprint density at radius 1 is 0.727 bits per heavy atom. The number of hydrogen-bond acceptors (Lipinski definition) is 24. The Kier molecular flexibility index (Phi) is 9.65. The highest BCUT2D eigenvalue weighted by atomic mass is 16.7. The predicted octanol–water partition coefficient (Wildman–Crippen LogP) is -1.37. The topological polar surface area (TPSA) is 418 Å². The van der Waals surface area contributed by atoms with Crippen LogP contribution in [0.4, 0.5) is 0 Å². The van der Waals surface area contributed by atoms with Gasteiger partial charge in [0.15, 0.2) is 58.6 Å². The van der Waals surface area contributed by atoms with Crippen molar-refractivity contribution in [1.29, 1.82) is 0 Å². The van der Waals surface area contributed by atoms with E-state index in [0.29, 0.717) is 24.3 Å². The summed E-state index contributed by atoms with van der Waals surface area (Å²) in [5, 5.41) is 164. The number of cyclic esters (lactones) is 1. The summed E-state index contributed by atoms with van der Waals surface area (Å²) in [5.41, 5.74) is -5.73. The normalized spacial score (nSPS) is 26.6. The Hall–Kier alpha value is -7.74. The molecule has 9 atom stereocenters. The molecule has 0 amide bonds. The van der Waals surface area contributed by atoms with Gasteiger partial charge in [0.25, 0.3) is 11.6 Å². The van der Waals surface area contributed by atoms with Crippen LogP contribution in [-0.4, -0.2) is 149 Å². The second-order valence-electron chi connectivity index (χ2n) is 16.0. The third kappa shape index (κ3) is 6.00. The van der Waals surface area contributed by atoms with Crippen LogP contribution in [-0.2, 0) is 30.2 Å². The van der Waals surface area contributed by atoms with E-state index in [1.54, 1.807) is 0 Å². The van der Waals surface area contributed by atoms with Crippen molar-refractivity contribution >= 4 is 23.7 Å². The summed E-state index contributed by atoms with van der Waals surface area (Å²) in [6.45, 7) is -1.40. The third-order valence-corrected chi connectivity index (χ3v) is 12.2. The van der Waals surface area contributed by atoms with Gasteiger partial charge in [-0.25, -0.2) is 14.4 Å². The monoisotopic (exact) mass is 922 g/mol. The van der Waals surface area contributed by atoms with Gasteiger partial charge < -0.3 is 100 Å². The van der Waals surface area contributed by atoms with Crippen LogP contribution >= 0.6 is 0 Å². The summed E-state index contributed by atoms with van der Waals surface area (Å²) in [5.74, 6) is -30.0. The number of esters is 3. The summed E-state index contributed by atoms with van der Waals surface area (Å²) in [6, 6.07) is 5.62. The lowest BCUT2D eigenvalue weighted by Crippen LogP contribution is -2.69. The Bertz CT molecular complexity index is 2840. The molecule has 4 aromatic rings. The number of benzene rings is 4. The van der Waals surface area contributed by atoms with E-state index in [1.165, 1.54) is 6.07 Å². The number of hydrogen-bond donors (Lipinski definition) is 15. The van der Waals surface area contributed by atoms with Crippen molar-refractivity contribution in [3.63, 3.8) is 0 Å². The van der Waals surface area contributed by atoms with E-state index < -0.39 is 193 Å². The minimum atomic E-state index is -4.22. The highest BCUT2D eigenvalue weighted by Gasteiger charge is 2.74. The molecule has 0 unspecified atom stereocenters. The zero-order valence-corrected chi connectivity index (χ0v) is 33.0. The van der Waals surface area contributed by atoms with Crippen LogP contribution in [0.25, 0.3) is 0 Å². The van der Waals surface area contributed by atoms with Crippen molar-refractivity contribution in [2.75, 3.05) is 6.61 Å². The summed E-state index contributed by atoms with van der Waals surface area (Å²) < 4.78 is 28.3. The smallest absolute Gasteiger partial charge is 0.339 e. The Morgan fingerprint density at radius 3 is 2.05 bits per heavy atom. The lowest BCUT2D eigenvalue weighted by atomic mass is 9.64. The minimum Gasteiger partial charge on any atom is -0.507 e. The van der Waals surface area contributed by atoms with Gasteiger partial charge in [0, 0.05) is 34.8 Å². The summed E-state index contributed by atoms with van der Waals surface area (Å²) in [6.07, 6.45) is -13.8. The van der Waals surface area contributed by atoms with Crippen LogP contribution in [0, 0.1) is 0 Å². The maximum absolute atomic E-state index is 14.8. The van der Waals surface area contributed by atoms with Crippen LogP contribution < -0.4 is 9.47 Å².